The molecule has 0 saturated carbocycles. The van der Waals surface area contributed by atoms with Gasteiger partial charge >= 0.3 is 5.97 Å². The van der Waals surface area contributed by atoms with E-state index in [4.69, 9.17) is 0 Å². The third kappa shape index (κ3) is 3.43. The summed E-state index contributed by atoms with van der Waals surface area (Å²) < 4.78 is 2.65. The summed E-state index contributed by atoms with van der Waals surface area (Å²) in [6.45, 7) is 2.28. The molecule has 144 valence electrons. The van der Waals surface area contributed by atoms with Gasteiger partial charge in [0.1, 0.15) is 5.37 Å². The molecule has 1 amide bonds. The third-order valence-electron chi connectivity index (χ3n) is 4.72. The highest BCUT2D eigenvalue weighted by Crippen LogP contribution is 2.55. The first-order valence-corrected chi connectivity index (χ1v) is 10.5. The second kappa shape index (κ2) is 7.62. The zero-order chi connectivity index (χ0) is 19.8. The highest BCUT2D eigenvalue weighted by atomic mass is 32.2. The fourth-order valence-electron chi connectivity index (χ4n) is 3.39. The van der Waals surface area contributed by atoms with E-state index in [-0.39, 0.29) is 17.0 Å². The Kier molecular flexibility index (Phi) is 5.18. The second-order valence-corrected chi connectivity index (χ2v) is 9.19. The van der Waals surface area contributed by atoms with Gasteiger partial charge in [0.05, 0.1) is 16.3 Å². The van der Waals surface area contributed by atoms with Crippen LogP contribution in [0, 0.1) is 5.92 Å². The molecule has 1 saturated heterocycles. The molecular formula is C20H19N2O4S2+. The van der Waals surface area contributed by atoms with Crippen LogP contribution in [0.4, 0.5) is 0 Å². The van der Waals surface area contributed by atoms with E-state index in [0.29, 0.717) is 10.8 Å². The van der Waals surface area contributed by atoms with Gasteiger partial charge in [-0.2, -0.15) is 0 Å². The number of benzene rings is 1. The molecule has 0 spiro atoms. The van der Waals surface area contributed by atoms with Crippen molar-refractivity contribution in [2.24, 2.45) is 5.92 Å². The number of amides is 1. The van der Waals surface area contributed by atoms with Crippen LogP contribution in [0.15, 0.2) is 69.7 Å². The highest BCUT2D eigenvalue weighted by molar-refractivity contribution is 8.22. The molecule has 3 atom stereocenters. The first-order chi connectivity index (χ1) is 13.5. The Labute approximate surface area is 170 Å². The Morgan fingerprint density at radius 1 is 1.29 bits per heavy atom. The van der Waals surface area contributed by atoms with Crippen LogP contribution in [0.25, 0.3) is 0 Å². The number of nitrogens with zero attached hydrogens (tertiary/aromatic N) is 2. The van der Waals surface area contributed by atoms with Crippen molar-refractivity contribution in [1.29, 1.82) is 0 Å². The lowest BCUT2D eigenvalue weighted by atomic mass is 9.92. The second-order valence-electron chi connectivity index (χ2n) is 6.72. The molecule has 1 aromatic heterocycles. The standard InChI is InChI=1S/C20H18N2O4S2/c1-12(23)15-17(24)22-16(19(25)26)20(28-18(15)22)27-14-7-5-6-13(10-14)11-21-8-3-2-4-9-21/h2-10,12,15,18,23H,11H2,1H3/p+1/t12-,15+,18-/m1/s1. The number of carboxylic acid groups (broad SMARTS) is 1. The summed E-state index contributed by atoms with van der Waals surface area (Å²) in [6.07, 6.45) is 3.18. The zero-order valence-corrected chi connectivity index (χ0v) is 16.7. The molecule has 0 unspecified atom stereocenters. The summed E-state index contributed by atoms with van der Waals surface area (Å²) in [7, 11) is 0. The number of carboxylic acids is 1. The number of aliphatic carboxylic acids is 1. The van der Waals surface area contributed by atoms with E-state index in [2.05, 4.69) is 4.57 Å². The van der Waals surface area contributed by atoms with Crippen LogP contribution >= 0.6 is 23.5 Å². The average molecular weight is 416 g/mol. The van der Waals surface area contributed by atoms with Gasteiger partial charge in [0.15, 0.2) is 24.6 Å². The number of rotatable bonds is 6. The molecule has 2 aromatic rings. The van der Waals surface area contributed by atoms with Crippen molar-refractivity contribution in [3.8, 4) is 0 Å². The van der Waals surface area contributed by atoms with Crippen LogP contribution in [-0.2, 0) is 16.1 Å². The first-order valence-electron chi connectivity index (χ1n) is 8.82. The Morgan fingerprint density at radius 2 is 2.04 bits per heavy atom. The molecule has 2 aliphatic heterocycles. The van der Waals surface area contributed by atoms with Crippen LogP contribution < -0.4 is 4.57 Å². The molecular weight excluding hydrogens is 396 g/mol. The predicted octanol–water partition coefficient (Wildman–Crippen LogP) is 2.28. The minimum atomic E-state index is -1.12. The molecule has 0 bridgehead atoms. The van der Waals surface area contributed by atoms with E-state index in [1.165, 1.54) is 28.4 Å². The molecule has 0 aliphatic carbocycles. The molecule has 2 N–H and O–H groups in total. The fourth-order valence-corrected chi connectivity index (χ4v) is 6.34. The summed E-state index contributed by atoms with van der Waals surface area (Å²) in [5.41, 5.74) is 1.12. The normalized spacial score (nSPS) is 22.1. The van der Waals surface area contributed by atoms with E-state index in [1.54, 1.807) is 6.92 Å². The van der Waals surface area contributed by atoms with Gasteiger partial charge in [-0.1, -0.05) is 41.7 Å². The van der Waals surface area contributed by atoms with Crippen LogP contribution in [0.5, 0.6) is 0 Å². The summed E-state index contributed by atoms with van der Waals surface area (Å²) in [5, 5.41) is 19.1. The summed E-state index contributed by atoms with van der Waals surface area (Å²) in [5.74, 6) is -2.00. The summed E-state index contributed by atoms with van der Waals surface area (Å²) >= 11 is 2.70. The van der Waals surface area contributed by atoms with Crippen LogP contribution in [0.1, 0.15) is 12.5 Å². The number of carbonyl (C=O) groups is 2. The zero-order valence-electron chi connectivity index (χ0n) is 15.1. The lowest BCUT2D eigenvalue weighted by Gasteiger charge is -2.43. The van der Waals surface area contributed by atoms with Crippen molar-refractivity contribution >= 4 is 35.4 Å². The molecule has 0 radical (unpaired) electrons. The van der Waals surface area contributed by atoms with E-state index in [9.17, 15) is 19.8 Å². The van der Waals surface area contributed by atoms with Gasteiger partial charge in [-0.25, -0.2) is 9.36 Å². The van der Waals surface area contributed by atoms with E-state index < -0.39 is 18.0 Å². The summed E-state index contributed by atoms with van der Waals surface area (Å²) in [4.78, 5) is 26.3. The molecule has 2 aliphatic rings. The van der Waals surface area contributed by atoms with Gasteiger partial charge in [0.2, 0.25) is 5.91 Å². The Balaban J connectivity index is 1.56. The van der Waals surface area contributed by atoms with Gasteiger partial charge in [-0.05, 0) is 19.1 Å². The maximum atomic E-state index is 12.3. The van der Waals surface area contributed by atoms with Crippen molar-refractivity contribution < 1.29 is 24.4 Å². The molecule has 3 heterocycles. The smallest absolute Gasteiger partial charge is 0.354 e. The average Bonchev–Trinajstić information content (AvgIpc) is 2.97. The summed E-state index contributed by atoms with van der Waals surface area (Å²) in [6, 6.07) is 13.8. The largest absolute Gasteiger partial charge is 0.477 e. The number of aromatic nitrogens is 1. The minimum absolute atomic E-state index is 0.0183. The lowest BCUT2D eigenvalue weighted by Crippen LogP contribution is -2.60. The Bertz CT molecular complexity index is 962. The highest BCUT2D eigenvalue weighted by Gasteiger charge is 2.57. The third-order valence-corrected chi connectivity index (χ3v) is 7.28. The molecule has 4 rings (SSSR count). The van der Waals surface area contributed by atoms with E-state index in [1.807, 2.05) is 54.9 Å². The van der Waals surface area contributed by atoms with Crippen LogP contribution in [0.2, 0.25) is 0 Å². The quantitative estimate of drug-likeness (QED) is 0.557. The minimum Gasteiger partial charge on any atom is -0.477 e. The Hall–Kier alpha value is -2.29. The van der Waals surface area contributed by atoms with Crippen LogP contribution in [-0.4, -0.2) is 38.5 Å². The number of β-lactam (4-membered cyclic amide) rings is 1. The number of aliphatic hydroxyl groups is 1. The maximum Gasteiger partial charge on any atom is 0.354 e. The Morgan fingerprint density at radius 3 is 2.71 bits per heavy atom. The molecule has 1 fully saturated rings. The molecule has 28 heavy (non-hydrogen) atoms. The predicted molar refractivity (Wildman–Crippen MR) is 106 cm³/mol. The van der Waals surface area contributed by atoms with Crippen molar-refractivity contribution in [2.75, 3.05) is 0 Å². The number of hydrogen-bond donors (Lipinski definition) is 2. The number of thioether (sulfide) groups is 2. The van der Waals surface area contributed by atoms with Gasteiger partial charge in [0.25, 0.3) is 0 Å². The maximum absolute atomic E-state index is 12.3. The lowest BCUT2D eigenvalue weighted by molar-refractivity contribution is -0.688. The molecule has 1 aromatic carbocycles. The van der Waals surface area contributed by atoms with Crippen molar-refractivity contribution in [3.05, 3.63) is 70.4 Å². The van der Waals surface area contributed by atoms with Crippen LogP contribution in [0.3, 0.4) is 0 Å². The van der Waals surface area contributed by atoms with Gasteiger partial charge in [0, 0.05) is 22.6 Å². The van der Waals surface area contributed by atoms with E-state index >= 15 is 0 Å². The van der Waals surface area contributed by atoms with Gasteiger partial charge < -0.3 is 10.2 Å². The fraction of sp³-hybridized carbons (Fsp3) is 0.250. The van der Waals surface area contributed by atoms with Crippen molar-refractivity contribution in [3.63, 3.8) is 0 Å². The van der Waals surface area contributed by atoms with E-state index in [0.717, 1.165) is 10.5 Å². The number of pyridine rings is 1. The van der Waals surface area contributed by atoms with Gasteiger partial charge in [-0.3, -0.25) is 9.69 Å². The molecule has 8 heteroatoms. The number of fused-ring (bicyclic) bond motifs is 1. The monoisotopic (exact) mass is 415 g/mol. The number of carbonyl (C=O) groups excluding carboxylic acids is 1. The number of hydrogen-bond acceptors (Lipinski definition) is 5. The molecule has 6 nitrogen and oxygen atoms in total. The SMILES string of the molecule is C[C@@H](O)[C@H]1C(=O)N2C(C(=O)O)=C(Sc3cccc(C[n+]4ccccc4)c3)S[C@H]12. The topological polar surface area (TPSA) is 81.7 Å². The first kappa shape index (κ1) is 19.0. The number of aliphatic hydroxyl groups excluding tert-OH is 1. The van der Waals surface area contributed by atoms with Crippen molar-refractivity contribution in [2.45, 2.75) is 29.8 Å². The van der Waals surface area contributed by atoms with Crippen molar-refractivity contribution in [1.82, 2.24) is 4.90 Å². The van der Waals surface area contributed by atoms with Gasteiger partial charge in [-0.15, -0.1) is 0 Å².